The zero-order valence-corrected chi connectivity index (χ0v) is 18.4. The number of fused-ring (bicyclic) bond motifs is 1. The third-order valence-corrected chi connectivity index (χ3v) is 6.28. The minimum absolute atomic E-state index is 0.422. The van der Waals surface area contributed by atoms with Gasteiger partial charge in [-0.25, -0.2) is 19.6 Å². The Hall–Kier alpha value is -2.81. The van der Waals surface area contributed by atoms with Gasteiger partial charge in [0.2, 0.25) is 5.88 Å². The van der Waals surface area contributed by atoms with Gasteiger partial charge in [-0.2, -0.15) is 10.1 Å². The van der Waals surface area contributed by atoms with Crippen molar-refractivity contribution in [3.05, 3.63) is 23.8 Å². The molecule has 0 saturated heterocycles. The molecule has 8 nitrogen and oxygen atoms in total. The Bertz CT molecular complexity index is 1170. The normalized spacial score (nSPS) is 11.7. The molecule has 0 saturated carbocycles. The van der Waals surface area contributed by atoms with Gasteiger partial charge in [0, 0.05) is 19.3 Å². The quantitative estimate of drug-likeness (QED) is 0.469. The summed E-state index contributed by atoms with van der Waals surface area (Å²) in [5, 5.41) is 4.88. The Morgan fingerprint density at radius 2 is 1.90 bits per heavy atom. The van der Waals surface area contributed by atoms with Gasteiger partial charge in [-0.1, -0.05) is 13.8 Å². The van der Waals surface area contributed by atoms with Crippen molar-refractivity contribution in [2.75, 3.05) is 7.11 Å². The summed E-state index contributed by atoms with van der Waals surface area (Å²) in [6.45, 7) is 8.49. The van der Waals surface area contributed by atoms with Crippen molar-refractivity contribution in [2.24, 2.45) is 7.05 Å². The van der Waals surface area contributed by atoms with Crippen molar-refractivity contribution in [3.8, 4) is 27.3 Å². The highest BCUT2D eigenvalue weighted by molar-refractivity contribution is 7.18. The minimum atomic E-state index is 0.422. The van der Waals surface area contributed by atoms with Gasteiger partial charge in [0.15, 0.2) is 16.5 Å². The molecular formula is C20H25N7OS. The summed E-state index contributed by atoms with van der Waals surface area (Å²) in [5.41, 5.74) is 4.64. The van der Waals surface area contributed by atoms with Gasteiger partial charge in [-0.15, -0.1) is 11.3 Å². The first-order chi connectivity index (χ1) is 14.0. The van der Waals surface area contributed by atoms with E-state index >= 15 is 0 Å². The van der Waals surface area contributed by atoms with Gasteiger partial charge in [0.05, 0.1) is 12.8 Å². The van der Waals surface area contributed by atoms with E-state index in [4.69, 9.17) is 14.7 Å². The molecule has 0 fully saturated rings. The molecule has 0 amide bonds. The van der Waals surface area contributed by atoms with Gasteiger partial charge in [-0.3, -0.25) is 0 Å². The predicted molar refractivity (Wildman–Crippen MR) is 114 cm³/mol. The van der Waals surface area contributed by atoms with Crippen molar-refractivity contribution in [2.45, 2.75) is 46.6 Å². The summed E-state index contributed by atoms with van der Waals surface area (Å²) in [6.07, 6.45) is 5.81. The maximum Gasteiger partial charge on any atom is 0.234 e. The van der Waals surface area contributed by atoms with Crippen LogP contribution in [0.5, 0.6) is 5.88 Å². The SMILES string of the molecule is CCC(CC)n1cc(C)c2nc(-c3sc(-c4ncnn4C)nc3OC)c(C)nc21. The molecule has 4 aromatic heterocycles. The average Bonchev–Trinajstić information content (AvgIpc) is 3.40. The molecule has 0 spiro atoms. The third kappa shape index (κ3) is 3.19. The Morgan fingerprint density at radius 1 is 1.14 bits per heavy atom. The molecule has 0 atom stereocenters. The van der Waals surface area contributed by atoms with Crippen LogP contribution in [0.15, 0.2) is 12.5 Å². The number of aromatic nitrogens is 7. The highest BCUT2D eigenvalue weighted by Gasteiger charge is 2.23. The van der Waals surface area contributed by atoms with Crippen LogP contribution < -0.4 is 4.74 Å². The molecule has 0 unspecified atom stereocenters. The van der Waals surface area contributed by atoms with Crippen molar-refractivity contribution >= 4 is 22.5 Å². The number of hydrogen-bond donors (Lipinski definition) is 0. The number of nitrogens with zero attached hydrogens (tertiary/aromatic N) is 7. The second kappa shape index (κ2) is 7.55. The van der Waals surface area contributed by atoms with Gasteiger partial charge in [-0.05, 0) is 32.3 Å². The second-order valence-corrected chi connectivity index (χ2v) is 8.08. The fraction of sp³-hybridized carbons (Fsp3) is 0.450. The van der Waals surface area contributed by atoms with Crippen LogP contribution in [0.3, 0.4) is 0 Å². The van der Waals surface area contributed by atoms with E-state index in [0.717, 1.165) is 50.8 Å². The van der Waals surface area contributed by atoms with E-state index < -0.39 is 0 Å². The van der Waals surface area contributed by atoms with E-state index in [9.17, 15) is 0 Å². The number of thiazole rings is 1. The number of aryl methyl sites for hydroxylation is 3. The fourth-order valence-electron chi connectivity index (χ4n) is 3.64. The lowest BCUT2D eigenvalue weighted by Gasteiger charge is -2.16. The van der Waals surface area contributed by atoms with Crippen LogP contribution in [-0.4, -0.2) is 41.4 Å². The zero-order valence-electron chi connectivity index (χ0n) is 17.6. The van der Waals surface area contributed by atoms with Crippen molar-refractivity contribution < 1.29 is 4.74 Å². The topological polar surface area (TPSA) is 83.5 Å². The van der Waals surface area contributed by atoms with Crippen molar-refractivity contribution in [3.63, 3.8) is 0 Å². The van der Waals surface area contributed by atoms with Crippen LogP contribution in [0.25, 0.3) is 32.6 Å². The summed E-state index contributed by atoms with van der Waals surface area (Å²) >= 11 is 1.49. The lowest BCUT2D eigenvalue weighted by Crippen LogP contribution is -2.07. The molecule has 0 aliphatic rings. The van der Waals surface area contributed by atoms with Crippen molar-refractivity contribution in [1.29, 1.82) is 0 Å². The Labute approximate surface area is 173 Å². The monoisotopic (exact) mass is 411 g/mol. The third-order valence-electron chi connectivity index (χ3n) is 5.25. The van der Waals surface area contributed by atoms with E-state index in [1.807, 2.05) is 14.0 Å². The summed E-state index contributed by atoms with van der Waals surface area (Å²) in [6, 6.07) is 0.422. The van der Waals surface area contributed by atoms with Crippen LogP contribution >= 0.6 is 11.3 Å². The molecule has 4 rings (SSSR count). The van der Waals surface area contributed by atoms with E-state index in [2.05, 4.69) is 46.6 Å². The lowest BCUT2D eigenvalue weighted by molar-refractivity contribution is 0.402. The maximum atomic E-state index is 5.56. The van der Waals surface area contributed by atoms with Crippen LogP contribution in [-0.2, 0) is 7.05 Å². The first kappa shape index (κ1) is 19.5. The maximum absolute atomic E-state index is 5.56. The second-order valence-electron chi connectivity index (χ2n) is 7.08. The summed E-state index contributed by atoms with van der Waals surface area (Å²) in [4.78, 5) is 19.7. The predicted octanol–water partition coefficient (Wildman–Crippen LogP) is 4.34. The molecule has 0 N–H and O–H groups in total. The largest absolute Gasteiger partial charge is 0.480 e. The van der Waals surface area contributed by atoms with Crippen LogP contribution in [0.1, 0.15) is 44.0 Å². The summed E-state index contributed by atoms with van der Waals surface area (Å²) in [5.74, 6) is 1.23. The van der Waals surface area contributed by atoms with Gasteiger partial charge < -0.3 is 9.30 Å². The molecule has 0 aliphatic heterocycles. The zero-order chi connectivity index (χ0) is 20.7. The summed E-state index contributed by atoms with van der Waals surface area (Å²) < 4.78 is 9.53. The molecule has 9 heteroatoms. The lowest BCUT2D eigenvalue weighted by atomic mass is 10.2. The molecule has 4 aromatic rings. The number of methoxy groups -OCH3 is 1. The molecule has 0 bridgehead atoms. The van der Waals surface area contributed by atoms with E-state index in [0.29, 0.717) is 17.7 Å². The smallest absolute Gasteiger partial charge is 0.234 e. The van der Waals surface area contributed by atoms with E-state index in [1.54, 1.807) is 11.8 Å². The number of hydrogen-bond acceptors (Lipinski definition) is 7. The Kier molecular flexibility index (Phi) is 5.08. The van der Waals surface area contributed by atoms with Crippen molar-refractivity contribution in [1.82, 2.24) is 34.3 Å². The number of ether oxygens (including phenoxy) is 1. The Morgan fingerprint density at radius 3 is 2.52 bits per heavy atom. The van der Waals surface area contributed by atoms with Gasteiger partial charge in [0.25, 0.3) is 0 Å². The minimum Gasteiger partial charge on any atom is -0.480 e. The fourth-order valence-corrected chi connectivity index (χ4v) is 4.74. The first-order valence-electron chi connectivity index (χ1n) is 9.73. The standard InChI is InChI=1S/C20H25N7OS/c1-7-13(8-2)27-9-11(3)14-17(27)23-12(4)15(24-14)16-19(28-6)25-20(29-16)18-21-10-22-26(18)5/h9-10,13H,7-8H2,1-6H3. The van der Waals surface area contributed by atoms with Crippen LogP contribution in [0.4, 0.5) is 0 Å². The van der Waals surface area contributed by atoms with E-state index in [-0.39, 0.29) is 0 Å². The van der Waals surface area contributed by atoms with E-state index in [1.165, 1.54) is 17.7 Å². The van der Waals surface area contributed by atoms with Gasteiger partial charge in [0.1, 0.15) is 22.4 Å². The van der Waals surface area contributed by atoms with Crippen LogP contribution in [0.2, 0.25) is 0 Å². The molecule has 29 heavy (non-hydrogen) atoms. The average molecular weight is 412 g/mol. The highest BCUT2D eigenvalue weighted by Crippen LogP contribution is 2.40. The number of rotatable bonds is 6. The molecule has 152 valence electrons. The summed E-state index contributed by atoms with van der Waals surface area (Å²) in [7, 11) is 3.46. The molecule has 4 heterocycles. The van der Waals surface area contributed by atoms with Crippen LogP contribution in [0, 0.1) is 13.8 Å². The molecule has 0 aliphatic carbocycles. The molecule has 0 radical (unpaired) electrons. The first-order valence-corrected chi connectivity index (χ1v) is 10.5. The van der Waals surface area contributed by atoms with Gasteiger partial charge >= 0.3 is 0 Å². The molecule has 0 aromatic carbocycles. The molecular weight excluding hydrogens is 386 g/mol. The highest BCUT2D eigenvalue weighted by atomic mass is 32.1. The Balaban J connectivity index is 1.89.